The number of nitriles is 1. The van der Waals surface area contributed by atoms with E-state index in [0.29, 0.717) is 12.1 Å². The Hall–Kier alpha value is -2.35. The van der Waals surface area contributed by atoms with E-state index in [-0.39, 0.29) is 18.2 Å². The molecule has 1 aliphatic heterocycles. The number of carbonyl (C=O) groups is 2. The summed E-state index contributed by atoms with van der Waals surface area (Å²) in [5, 5.41) is 14.1. The van der Waals surface area contributed by atoms with Gasteiger partial charge in [-0.15, -0.1) is 0 Å². The molecule has 0 unspecified atom stereocenters. The SMILES string of the molecule is CC1(C)Cc2c(NC(=O)CC#N)cccc2NC1=O. The Morgan fingerprint density at radius 3 is 2.95 bits per heavy atom. The third-order valence-corrected chi connectivity index (χ3v) is 3.17. The van der Waals surface area contributed by atoms with Crippen LogP contribution in [0.2, 0.25) is 0 Å². The third kappa shape index (κ3) is 2.58. The summed E-state index contributed by atoms with van der Waals surface area (Å²) >= 11 is 0. The quantitative estimate of drug-likeness (QED) is 0.850. The van der Waals surface area contributed by atoms with E-state index in [1.807, 2.05) is 26.0 Å². The number of hydrogen-bond donors (Lipinski definition) is 2. The van der Waals surface area contributed by atoms with Gasteiger partial charge in [0, 0.05) is 22.4 Å². The van der Waals surface area contributed by atoms with Crippen molar-refractivity contribution in [1.82, 2.24) is 0 Å². The van der Waals surface area contributed by atoms with Gasteiger partial charge < -0.3 is 10.6 Å². The van der Waals surface area contributed by atoms with Crippen LogP contribution in [0, 0.1) is 16.7 Å². The zero-order valence-corrected chi connectivity index (χ0v) is 10.9. The molecule has 1 heterocycles. The first-order valence-corrected chi connectivity index (χ1v) is 6.04. The molecule has 1 aromatic carbocycles. The lowest BCUT2D eigenvalue weighted by Crippen LogP contribution is -2.37. The predicted octanol–water partition coefficient (Wildman–Crippen LogP) is 2.06. The average molecular weight is 257 g/mol. The summed E-state index contributed by atoms with van der Waals surface area (Å²) in [6.45, 7) is 3.72. The van der Waals surface area contributed by atoms with Crippen molar-refractivity contribution in [2.24, 2.45) is 5.41 Å². The first-order chi connectivity index (χ1) is 8.94. The van der Waals surface area contributed by atoms with Crippen LogP contribution in [0.25, 0.3) is 0 Å². The van der Waals surface area contributed by atoms with Gasteiger partial charge in [-0.2, -0.15) is 5.26 Å². The summed E-state index contributed by atoms with van der Waals surface area (Å²) in [5.74, 6) is -0.369. The van der Waals surface area contributed by atoms with Crippen LogP contribution >= 0.6 is 0 Å². The molecule has 5 nitrogen and oxygen atoms in total. The van der Waals surface area contributed by atoms with Crippen molar-refractivity contribution in [1.29, 1.82) is 5.26 Å². The molecule has 0 aromatic heterocycles. The highest BCUT2D eigenvalue weighted by Gasteiger charge is 2.34. The molecule has 2 amide bonds. The Morgan fingerprint density at radius 1 is 1.53 bits per heavy atom. The van der Waals surface area contributed by atoms with Crippen molar-refractivity contribution in [3.05, 3.63) is 23.8 Å². The van der Waals surface area contributed by atoms with Gasteiger partial charge in [0.25, 0.3) is 0 Å². The van der Waals surface area contributed by atoms with E-state index in [9.17, 15) is 9.59 Å². The molecule has 1 aliphatic rings. The van der Waals surface area contributed by atoms with Gasteiger partial charge in [-0.3, -0.25) is 9.59 Å². The fraction of sp³-hybridized carbons (Fsp3) is 0.357. The topological polar surface area (TPSA) is 82.0 Å². The molecule has 0 bridgehead atoms. The van der Waals surface area contributed by atoms with E-state index in [2.05, 4.69) is 10.6 Å². The molecule has 0 aliphatic carbocycles. The van der Waals surface area contributed by atoms with Gasteiger partial charge in [0.2, 0.25) is 11.8 Å². The normalized spacial score (nSPS) is 15.9. The fourth-order valence-electron chi connectivity index (χ4n) is 2.09. The van der Waals surface area contributed by atoms with Crippen LogP contribution in [0.5, 0.6) is 0 Å². The van der Waals surface area contributed by atoms with Crippen LogP contribution in [-0.4, -0.2) is 11.8 Å². The van der Waals surface area contributed by atoms with Gasteiger partial charge in [-0.1, -0.05) is 19.9 Å². The van der Waals surface area contributed by atoms with Crippen LogP contribution in [0.4, 0.5) is 11.4 Å². The molecule has 19 heavy (non-hydrogen) atoms. The monoisotopic (exact) mass is 257 g/mol. The van der Waals surface area contributed by atoms with Crippen LogP contribution in [-0.2, 0) is 16.0 Å². The van der Waals surface area contributed by atoms with Crippen molar-refractivity contribution < 1.29 is 9.59 Å². The molecule has 2 rings (SSSR count). The van der Waals surface area contributed by atoms with Crippen molar-refractivity contribution in [3.63, 3.8) is 0 Å². The standard InChI is InChI=1S/C14H15N3O2/c1-14(2)8-9-10(16-12(18)6-7-15)4-3-5-11(9)17-13(14)19/h3-5H,6,8H2,1-2H3,(H,16,18)(H,17,19). The van der Waals surface area contributed by atoms with Gasteiger partial charge in [0.1, 0.15) is 6.42 Å². The number of fused-ring (bicyclic) bond motifs is 1. The highest BCUT2D eigenvalue weighted by atomic mass is 16.2. The molecule has 2 N–H and O–H groups in total. The number of benzene rings is 1. The lowest BCUT2D eigenvalue weighted by atomic mass is 9.80. The van der Waals surface area contributed by atoms with Gasteiger partial charge >= 0.3 is 0 Å². The Bertz CT molecular complexity index is 585. The summed E-state index contributed by atoms with van der Waals surface area (Å²) in [6, 6.07) is 7.16. The number of carbonyl (C=O) groups excluding carboxylic acids is 2. The second kappa shape index (κ2) is 4.73. The number of rotatable bonds is 2. The summed E-state index contributed by atoms with van der Waals surface area (Å²) in [6.07, 6.45) is 0.372. The third-order valence-electron chi connectivity index (χ3n) is 3.17. The van der Waals surface area contributed by atoms with E-state index in [0.717, 1.165) is 11.3 Å². The lowest BCUT2D eigenvalue weighted by Gasteiger charge is -2.31. The molecule has 0 spiro atoms. The van der Waals surface area contributed by atoms with E-state index in [1.54, 1.807) is 12.1 Å². The van der Waals surface area contributed by atoms with Crippen molar-refractivity contribution in [3.8, 4) is 6.07 Å². The molecule has 98 valence electrons. The minimum absolute atomic E-state index is 0.0273. The van der Waals surface area contributed by atoms with Crippen LogP contribution < -0.4 is 10.6 Å². The minimum Gasteiger partial charge on any atom is -0.325 e. The molecule has 1 aromatic rings. The second-order valence-corrected chi connectivity index (χ2v) is 5.23. The summed E-state index contributed by atoms with van der Waals surface area (Å²) in [7, 11) is 0. The molecule has 0 atom stereocenters. The first-order valence-electron chi connectivity index (χ1n) is 6.04. The Morgan fingerprint density at radius 2 is 2.26 bits per heavy atom. The molecular weight excluding hydrogens is 242 g/mol. The van der Waals surface area contributed by atoms with Gasteiger partial charge in [-0.25, -0.2) is 0 Å². The Kier molecular flexibility index (Phi) is 3.26. The maximum Gasteiger partial charge on any atom is 0.238 e. The number of hydrogen-bond acceptors (Lipinski definition) is 3. The fourth-order valence-corrected chi connectivity index (χ4v) is 2.09. The van der Waals surface area contributed by atoms with E-state index in [4.69, 9.17) is 5.26 Å². The first kappa shape index (κ1) is 13.1. The zero-order chi connectivity index (χ0) is 14.0. The van der Waals surface area contributed by atoms with Gasteiger partial charge in [0.15, 0.2) is 0 Å². The Balaban J connectivity index is 2.34. The Labute approximate surface area is 111 Å². The second-order valence-electron chi connectivity index (χ2n) is 5.23. The van der Waals surface area contributed by atoms with E-state index in [1.165, 1.54) is 0 Å². The van der Waals surface area contributed by atoms with Crippen molar-refractivity contribution in [2.45, 2.75) is 26.7 Å². The average Bonchev–Trinajstić information content (AvgIpc) is 2.32. The summed E-state index contributed by atoms with van der Waals surface area (Å²) in [5.41, 5.74) is 1.77. The molecule has 0 radical (unpaired) electrons. The van der Waals surface area contributed by atoms with Crippen LogP contribution in [0.3, 0.4) is 0 Å². The summed E-state index contributed by atoms with van der Waals surface area (Å²) < 4.78 is 0. The molecule has 0 fully saturated rings. The van der Waals surface area contributed by atoms with E-state index < -0.39 is 5.41 Å². The minimum atomic E-state index is -0.511. The molecular formula is C14H15N3O2. The highest BCUT2D eigenvalue weighted by molar-refractivity contribution is 6.01. The zero-order valence-electron chi connectivity index (χ0n) is 10.9. The largest absolute Gasteiger partial charge is 0.325 e. The maximum absolute atomic E-state index is 11.9. The van der Waals surface area contributed by atoms with Crippen LogP contribution in [0.1, 0.15) is 25.8 Å². The maximum atomic E-state index is 11.9. The van der Waals surface area contributed by atoms with Gasteiger partial charge in [0.05, 0.1) is 6.07 Å². The van der Waals surface area contributed by atoms with Gasteiger partial charge in [-0.05, 0) is 18.6 Å². The van der Waals surface area contributed by atoms with Crippen molar-refractivity contribution >= 4 is 23.2 Å². The predicted molar refractivity (Wildman–Crippen MR) is 71.4 cm³/mol. The number of nitrogens with one attached hydrogen (secondary N) is 2. The smallest absolute Gasteiger partial charge is 0.238 e. The van der Waals surface area contributed by atoms with E-state index >= 15 is 0 Å². The number of nitrogens with zero attached hydrogens (tertiary/aromatic N) is 1. The lowest BCUT2D eigenvalue weighted by molar-refractivity contribution is -0.124. The molecule has 0 saturated carbocycles. The number of amides is 2. The highest BCUT2D eigenvalue weighted by Crippen LogP contribution is 2.37. The molecule has 5 heteroatoms. The molecule has 0 saturated heterocycles. The summed E-state index contributed by atoms with van der Waals surface area (Å²) in [4.78, 5) is 23.4. The number of anilines is 2. The van der Waals surface area contributed by atoms with Crippen LogP contribution in [0.15, 0.2) is 18.2 Å². The van der Waals surface area contributed by atoms with Crippen molar-refractivity contribution in [2.75, 3.05) is 10.6 Å².